The standard InChI is InChI=1S/C16H14N2O/c1-11-7-12(2)9-13(8-11)18-10-17-15-6-4-3-5-14(15)16(18)19/h3-10H,1-2H3. The maximum Gasteiger partial charge on any atom is 0.265 e. The Balaban J connectivity index is 2.31. The Morgan fingerprint density at radius 3 is 2.42 bits per heavy atom. The van der Waals surface area contributed by atoms with Crippen LogP contribution >= 0.6 is 0 Å². The van der Waals surface area contributed by atoms with Gasteiger partial charge in [0.15, 0.2) is 0 Å². The summed E-state index contributed by atoms with van der Waals surface area (Å²) in [5.74, 6) is 0. The topological polar surface area (TPSA) is 34.9 Å². The lowest BCUT2D eigenvalue weighted by molar-refractivity contribution is 0.959. The number of aryl methyl sites for hydroxylation is 2. The Hall–Kier alpha value is -2.42. The minimum Gasteiger partial charge on any atom is -0.268 e. The van der Waals surface area contributed by atoms with Crippen molar-refractivity contribution >= 4 is 10.9 Å². The normalized spacial score (nSPS) is 10.8. The second kappa shape index (κ2) is 4.35. The fourth-order valence-corrected chi connectivity index (χ4v) is 2.34. The SMILES string of the molecule is Cc1cc(C)cc(-n2cnc3ccccc3c2=O)c1. The lowest BCUT2D eigenvalue weighted by atomic mass is 10.1. The van der Waals surface area contributed by atoms with Crippen LogP contribution < -0.4 is 5.56 Å². The number of hydrogen-bond acceptors (Lipinski definition) is 2. The number of benzene rings is 2. The first-order valence-electron chi connectivity index (χ1n) is 6.20. The molecule has 0 radical (unpaired) electrons. The summed E-state index contributed by atoms with van der Waals surface area (Å²) in [5.41, 5.74) is 3.83. The summed E-state index contributed by atoms with van der Waals surface area (Å²) in [7, 11) is 0. The Kier molecular flexibility index (Phi) is 2.67. The molecule has 94 valence electrons. The highest BCUT2D eigenvalue weighted by atomic mass is 16.1. The van der Waals surface area contributed by atoms with Crippen LogP contribution in [0.15, 0.2) is 53.6 Å². The number of para-hydroxylation sites is 1. The molecule has 0 fully saturated rings. The van der Waals surface area contributed by atoms with E-state index in [4.69, 9.17) is 0 Å². The van der Waals surface area contributed by atoms with Crippen LogP contribution in [0.4, 0.5) is 0 Å². The fourth-order valence-electron chi connectivity index (χ4n) is 2.34. The van der Waals surface area contributed by atoms with Crippen molar-refractivity contribution in [3.63, 3.8) is 0 Å². The zero-order valence-electron chi connectivity index (χ0n) is 10.9. The highest BCUT2D eigenvalue weighted by Gasteiger charge is 2.05. The second-order valence-corrected chi connectivity index (χ2v) is 4.78. The Labute approximate surface area is 111 Å². The zero-order valence-corrected chi connectivity index (χ0v) is 10.9. The summed E-state index contributed by atoms with van der Waals surface area (Å²) in [6, 6.07) is 13.5. The first-order valence-corrected chi connectivity index (χ1v) is 6.20. The first kappa shape index (κ1) is 11.7. The quantitative estimate of drug-likeness (QED) is 0.665. The van der Waals surface area contributed by atoms with Gasteiger partial charge in [-0.2, -0.15) is 0 Å². The Morgan fingerprint density at radius 2 is 1.68 bits per heavy atom. The molecule has 2 aromatic carbocycles. The van der Waals surface area contributed by atoms with Crippen molar-refractivity contribution in [1.29, 1.82) is 0 Å². The molecule has 0 aliphatic rings. The zero-order chi connectivity index (χ0) is 13.4. The number of hydrogen-bond donors (Lipinski definition) is 0. The van der Waals surface area contributed by atoms with Gasteiger partial charge >= 0.3 is 0 Å². The molecular weight excluding hydrogens is 236 g/mol. The number of aromatic nitrogens is 2. The molecular formula is C16H14N2O. The van der Waals surface area contributed by atoms with E-state index in [1.54, 1.807) is 10.9 Å². The van der Waals surface area contributed by atoms with Gasteiger partial charge < -0.3 is 0 Å². The third kappa shape index (κ3) is 2.03. The van der Waals surface area contributed by atoms with Gasteiger partial charge in [-0.1, -0.05) is 18.2 Å². The van der Waals surface area contributed by atoms with Gasteiger partial charge in [0.25, 0.3) is 5.56 Å². The van der Waals surface area contributed by atoms with Crippen LogP contribution in [0.2, 0.25) is 0 Å². The van der Waals surface area contributed by atoms with Gasteiger partial charge in [0.2, 0.25) is 0 Å². The molecule has 0 atom stereocenters. The van der Waals surface area contributed by atoms with E-state index in [9.17, 15) is 4.79 Å². The molecule has 0 saturated carbocycles. The van der Waals surface area contributed by atoms with E-state index in [2.05, 4.69) is 11.1 Å². The predicted octanol–water partition coefficient (Wildman–Crippen LogP) is 3.00. The molecule has 19 heavy (non-hydrogen) atoms. The van der Waals surface area contributed by atoms with Gasteiger partial charge in [-0.25, -0.2) is 4.98 Å². The fraction of sp³-hybridized carbons (Fsp3) is 0.125. The van der Waals surface area contributed by atoms with Crippen molar-refractivity contribution in [3.8, 4) is 5.69 Å². The van der Waals surface area contributed by atoms with Gasteiger partial charge in [-0.3, -0.25) is 9.36 Å². The molecule has 0 aliphatic carbocycles. The molecule has 3 nitrogen and oxygen atoms in total. The van der Waals surface area contributed by atoms with Gasteiger partial charge in [0, 0.05) is 0 Å². The third-order valence-electron chi connectivity index (χ3n) is 3.15. The minimum atomic E-state index is -0.0319. The van der Waals surface area contributed by atoms with Gasteiger partial charge in [0.1, 0.15) is 6.33 Å². The van der Waals surface area contributed by atoms with Crippen LogP contribution in [0.1, 0.15) is 11.1 Å². The van der Waals surface area contributed by atoms with Gasteiger partial charge in [-0.05, 0) is 49.2 Å². The van der Waals surface area contributed by atoms with Crippen molar-refractivity contribution in [2.24, 2.45) is 0 Å². The summed E-state index contributed by atoms with van der Waals surface area (Å²) < 4.78 is 1.60. The molecule has 0 unspecified atom stereocenters. The van der Waals surface area contributed by atoms with Gasteiger partial charge in [0.05, 0.1) is 16.6 Å². The lowest BCUT2D eigenvalue weighted by Gasteiger charge is -2.08. The molecule has 3 rings (SSSR count). The molecule has 0 amide bonds. The van der Waals surface area contributed by atoms with Crippen molar-refractivity contribution < 1.29 is 0 Å². The van der Waals surface area contributed by atoms with Crippen LogP contribution in [0.3, 0.4) is 0 Å². The van der Waals surface area contributed by atoms with Crippen LogP contribution in [-0.2, 0) is 0 Å². The van der Waals surface area contributed by atoms with E-state index < -0.39 is 0 Å². The molecule has 3 heteroatoms. The molecule has 0 saturated heterocycles. The first-order chi connectivity index (χ1) is 9.15. The van der Waals surface area contributed by atoms with E-state index in [0.29, 0.717) is 5.39 Å². The summed E-state index contributed by atoms with van der Waals surface area (Å²) >= 11 is 0. The minimum absolute atomic E-state index is 0.0319. The summed E-state index contributed by atoms with van der Waals surface area (Å²) in [5, 5.41) is 0.643. The summed E-state index contributed by atoms with van der Waals surface area (Å²) in [6.45, 7) is 4.05. The van der Waals surface area contributed by atoms with Crippen molar-refractivity contribution in [2.45, 2.75) is 13.8 Å². The van der Waals surface area contributed by atoms with Gasteiger partial charge in [-0.15, -0.1) is 0 Å². The largest absolute Gasteiger partial charge is 0.268 e. The lowest BCUT2D eigenvalue weighted by Crippen LogP contribution is -2.18. The Morgan fingerprint density at radius 1 is 1.00 bits per heavy atom. The monoisotopic (exact) mass is 250 g/mol. The highest BCUT2D eigenvalue weighted by Crippen LogP contribution is 2.13. The van der Waals surface area contributed by atoms with E-state index in [1.807, 2.05) is 50.2 Å². The Bertz CT molecular complexity index is 798. The smallest absolute Gasteiger partial charge is 0.265 e. The third-order valence-corrected chi connectivity index (χ3v) is 3.15. The molecule has 0 spiro atoms. The summed E-state index contributed by atoms with van der Waals surface area (Å²) in [6.07, 6.45) is 1.60. The molecule has 0 aliphatic heterocycles. The van der Waals surface area contributed by atoms with E-state index >= 15 is 0 Å². The van der Waals surface area contributed by atoms with Crippen LogP contribution in [-0.4, -0.2) is 9.55 Å². The molecule has 0 N–H and O–H groups in total. The maximum absolute atomic E-state index is 12.5. The molecule has 1 heterocycles. The predicted molar refractivity (Wildman–Crippen MR) is 76.8 cm³/mol. The number of fused-ring (bicyclic) bond motifs is 1. The van der Waals surface area contributed by atoms with Crippen LogP contribution in [0, 0.1) is 13.8 Å². The van der Waals surface area contributed by atoms with E-state index in [-0.39, 0.29) is 5.56 Å². The van der Waals surface area contributed by atoms with E-state index in [1.165, 1.54) is 0 Å². The molecule has 3 aromatic rings. The van der Waals surface area contributed by atoms with E-state index in [0.717, 1.165) is 22.3 Å². The van der Waals surface area contributed by atoms with Crippen molar-refractivity contribution in [3.05, 3.63) is 70.3 Å². The van der Waals surface area contributed by atoms with Crippen LogP contribution in [0.25, 0.3) is 16.6 Å². The van der Waals surface area contributed by atoms with Crippen molar-refractivity contribution in [1.82, 2.24) is 9.55 Å². The maximum atomic E-state index is 12.5. The van der Waals surface area contributed by atoms with Crippen molar-refractivity contribution in [2.75, 3.05) is 0 Å². The highest BCUT2D eigenvalue weighted by molar-refractivity contribution is 5.77. The number of nitrogens with zero attached hydrogens (tertiary/aromatic N) is 2. The number of rotatable bonds is 1. The average Bonchev–Trinajstić information content (AvgIpc) is 2.38. The summed E-state index contributed by atoms with van der Waals surface area (Å²) in [4.78, 5) is 16.8. The molecule has 1 aromatic heterocycles. The second-order valence-electron chi connectivity index (χ2n) is 4.78. The van der Waals surface area contributed by atoms with Crippen LogP contribution in [0.5, 0.6) is 0 Å². The molecule has 0 bridgehead atoms. The average molecular weight is 250 g/mol.